The number of carboxylic acids is 1. The second-order valence-corrected chi connectivity index (χ2v) is 3.54. The molecule has 0 spiro atoms. The predicted octanol–water partition coefficient (Wildman–Crippen LogP) is 0.806. The number of nitrogens with one attached hydrogen (secondary N) is 2. The van der Waals surface area contributed by atoms with Crippen LogP contribution in [0.15, 0.2) is 0 Å². The van der Waals surface area contributed by atoms with E-state index in [2.05, 4.69) is 24.5 Å². The van der Waals surface area contributed by atoms with Crippen LogP contribution in [0.4, 0.5) is 4.79 Å². The van der Waals surface area contributed by atoms with Crippen LogP contribution in [-0.2, 0) is 4.79 Å². The number of carboxylic acid groups (broad SMARTS) is 1. The van der Waals surface area contributed by atoms with Crippen molar-refractivity contribution in [1.29, 1.82) is 0 Å². The van der Waals surface area contributed by atoms with Gasteiger partial charge in [0.15, 0.2) is 0 Å². The van der Waals surface area contributed by atoms with E-state index >= 15 is 0 Å². The molecule has 0 aromatic rings. The summed E-state index contributed by atoms with van der Waals surface area (Å²) in [5, 5.41) is 13.1. The van der Waals surface area contributed by atoms with Crippen molar-refractivity contribution in [2.24, 2.45) is 5.92 Å². The highest BCUT2D eigenvalue weighted by molar-refractivity contribution is 5.79. The second-order valence-electron chi connectivity index (χ2n) is 3.54. The molecule has 5 heteroatoms. The summed E-state index contributed by atoms with van der Waals surface area (Å²) < 4.78 is 0. The lowest BCUT2D eigenvalue weighted by Crippen LogP contribution is -2.38. The first-order valence-electron chi connectivity index (χ1n) is 4.76. The molecule has 0 radical (unpaired) electrons. The molecule has 0 bridgehead atoms. The Labute approximate surface area is 83.9 Å². The third-order valence-electron chi connectivity index (χ3n) is 1.64. The minimum Gasteiger partial charge on any atom is -0.480 e. The van der Waals surface area contributed by atoms with Gasteiger partial charge >= 0.3 is 12.0 Å². The average Bonchev–Trinajstić information content (AvgIpc) is 2.08. The van der Waals surface area contributed by atoms with Crippen molar-refractivity contribution in [3.63, 3.8) is 0 Å². The highest BCUT2D eigenvalue weighted by Crippen LogP contribution is 2.01. The van der Waals surface area contributed by atoms with E-state index in [9.17, 15) is 9.59 Å². The molecular weight excluding hydrogens is 184 g/mol. The fourth-order valence-electron chi connectivity index (χ4n) is 0.931. The van der Waals surface area contributed by atoms with Gasteiger partial charge in [0.25, 0.3) is 0 Å². The normalized spacial score (nSPS) is 9.93. The van der Waals surface area contributed by atoms with Crippen molar-refractivity contribution in [1.82, 2.24) is 10.6 Å². The van der Waals surface area contributed by atoms with Crippen LogP contribution in [0.2, 0.25) is 0 Å². The van der Waals surface area contributed by atoms with E-state index in [0.29, 0.717) is 12.5 Å². The van der Waals surface area contributed by atoms with Crippen LogP contribution in [0, 0.1) is 5.92 Å². The summed E-state index contributed by atoms with van der Waals surface area (Å²) in [6, 6.07) is -0.420. The van der Waals surface area contributed by atoms with Crippen LogP contribution in [0.3, 0.4) is 0 Å². The summed E-state index contributed by atoms with van der Waals surface area (Å²) >= 11 is 0. The van der Waals surface area contributed by atoms with Gasteiger partial charge in [-0.05, 0) is 18.8 Å². The van der Waals surface area contributed by atoms with Crippen LogP contribution in [0.1, 0.15) is 26.7 Å². The Bertz CT molecular complexity index is 192. The lowest BCUT2D eigenvalue weighted by atomic mass is 10.1. The molecule has 0 rings (SSSR count). The van der Waals surface area contributed by atoms with E-state index in [0.717, 1.165) is 12.8 Å². The largest absolute Gasteiger partial charge is 0.480 e. The number of rotatable bonds is 6. The molecule has 14 heavy (non-hydrogen) atoms. The van der Waals surface area contributed by atoms with E-state index in [1.807, 2.05) is 0 Å². The summed E-state index contributed by atoms with van der Waals surface area (Å²) in [6.45, 7) is 4.48. The number of urea groups is 1. The van der Waals surface area contributed by atoms with Gasteiger partial charge in [0.1, 0.15) is 6.54 Å². The number of hydrogen-bond donors (Lipinski definition) is 3. The predicted molar refractivity (Wildman–Crippen MR) is 53.1 cm³/mol. The maximum absolute atomic E-state index is 10.9. The van der Waals surface area contributed by atoms with E-state index in [4.69, 9.17) is 5.11 Å². The Balaban J connectivity index is 3.31. The van der Waals surface area contributed by atoms with Gasteiger partial charge in [0.05, 0.1) is 0 Å². The third kappa shape index (κ3) is 8.83. The van der Waals surface area contributed by atoms with Crippen LogP contribution in [-0.4, -0.2) is 30.2 Å². The molecule has 0 fully saturated rings. The summed E-state index contributed by atoms with van der Waals surface area (Å²) in [7, 11) is 0. The van der Waals surface area contributed by atoms with Gasteiger partial charge in [0.2, 0.25) is 0 Å². The summed E-state index contributed by atoms with van der Waals surface area (Å²) in [5.41, 5.74) is 0. The Hall–Kier alpha value is -1.26. The van der Waals surface area contributed by atoms with Crippen LogP contribution >= 0.6 is 0 Å². The molecule has 5 nitrogen and oxygen atoms in total. The lowest BCUT2D eigenvalue weighted by Gasteiger charge is -2.06. The van der Waals surface area contributed by atoms with Crippen molar-refractivity contribution in [2.75, 3.05) is 13.1 Å². The van der Waals surface area contributed by atoms with Crippen molar-refractivity contribution in [3.05, 3.63) is 0 Å². The van der Waals surface area contributed by atoms with Gasteiger partial charge in [-0.3, -0.25) is 4.79 Å². The molecule has 0 aliphatic heterocycles. The van der Waals surface area contributed by atoms with Crippen molar-refractivity contribution in [3.8, 4) is 0 Å². The van der Waals surface area contributed by atoms with Crippen molar-refractivity contribution in [2.45, 2.75) is 26.7 Å². The minimum atomic E-state index is -1.04. The quantitative estimate of drug-likeness (QED) is 0.557. The van der Waals surface area contributed by atoms with E-state index in [1.165, 1.54) is 0 Å². The molecule has 0 saturated heterocycles. The number of aliphatic carboxylic acids is 1. The maximum atomic E-state index is 10.9. The first-order chi connectivity index (χ1) is 6.52. The van der Waals surface area contributed by atoms with Gasteiger partial charge < -0.3 is 15.7 Å². The van der Waals surface area contributed by atoms with E-state index < -0.39 is 12.0 Å². The fourth-order valence-corrected chi connectivity index (χ4v) is 0.931. The highest BCUT2D eigenvalue weighted by atomic mass is 16.4. The van der Waals surface area contributed by atoms with Crippen LogP contribution in [0.25, 0.3) is 0 Å². The number of hydrogen-bond acceptors (Lipinski definition) is 2. The van der Waals surface area contributed by atoms with Crippen molar-refractivity contribution >= 4 is 12.0 Å². The van der Waals surface area contributed by atoms with E-state index in [-0.39, 0.29) is 6.54 Å². The second kappa shape index (κ2) is 7.17. The molecule has 0 aliphatic carbocycles. The summed E-state index contributed by atoms with van der Waals surface area (Å²) in [6.07, 6.45) is 1.97. The molecule has 0 saturated carbocycles. The van der Waals surface area contributed by atoms with Crippen LogP contribution < -0.4 is 10.6 Å². The average molecular weight is 202 g/mol. The van der Waals surface area contributed by atoms with Crippen molar-refractivity contribution < 1.29 is 14.7 Å². The van der Waals surface area contributed by atoms with Gasteiger partial charge in [-0.25, -0.2) is 4.79 Å². The van der Waals surface area contributed by atoms with Gasteiger partial charge in [-0.2, -0.15) is 0 Å². The third-order valence-corrected chi connectivity index (χ3v) is 1.64. The Morgan fingerprint density at radius 3 is 2.43 bits per heavy atom. The van der Waals surface area contributed by atoms with Gasteiger partial charge in [-0.15, -0.1) is 0 Å². The zero-order valence-corrected chi connectivity index (χ0v) is 8.67. The molecule has 0 aliphatic rings. The SMILES string of the molecule is CC(C)CCCNC(=O)NCC(=O)O. The zero-order chi connectivity index (χ0) is 11.0. The summed E-state index contributed by atoms with van der Waals surface area (Å²) in [5.74, 6) is -0.416. The Morgan fingerprint density at radius 1 is 1.29 bits per heavy atom. The molecule has 3 N–H and O–H groups in total. The lowest BCUT2D eigenvalue weighted by molar-refractivity contribution is -0.135. The number of carbonyl (C=O) groups excluding carboxylic acids is 1. The topological polar surface area (TPSA) is 78.4 Å². The zero-order valence-electron chi connectivity index (χ0n) is 8.67. The first-order valence-corrected chi connectivity index (χ1v) is 4.76. The molecule has 0 aromatic heterocycles. The molecular formula is C9H18N2O3. The Kier molecular flexibility index (Phi) is 6.53. The Morgan fingerprint density at radius 2 is 1.93 bits per heavy atom. The molecule has 0 unspecified atom stereocenters. The number of amides is 2. The molecule has 0 atom stereocenters. The molecule has 0 aromatic carbocycles. The number of carbonyl (C=O) groups is 2. The summed E-state index contributed by atoms with van der Waals surface area (Å²) in [4.78, 5) is 21.0. The minimum absolute atomic E-state index is 0.337. The maximum Gasteiger partial charge on any atom is 0.323 e. The fraction of sp³-hybridized carbons (Fsp3) is 0.778. The first kappa shape index (κ1) is 12.7. The smallest absolute Gasteiger partial charge is 0.323 e. The van der Waals surface area contributed by atoms with Gasteiger partial charge in [0, 0.05) is 6.54 Å². The van der Waals surface area contributed by atoms with Gasteiger partial charge in [-0.1, -0.05) is 13.8 Å². The molecule has 82 valence electrons. The van der Waals surface area contributed by atoms with Crippen LogP contribution in [0.5, 0.6) is 0 Å². The standard InChI is InChI=1S/C9H18N2O3/c1-7(2)4-3-5-10-9(14)11-6-8(12)13/h7H,3-6H2,1-2H3,(H,12,13)(H2,10,11,14). The van der Waals surface area contributed by atoms with E-state index in [1.54, 1.807) is 0 Å². The monoisotopic (exact) mass is 202 g/mol. The molecule has 0 heterocycles. The highest BCUT2D eigenvalue weighted by Gasteiger charge is 2.01. The molecule has 2 amide bonds.